The molecule has 0 unspecified atom stereocenters. The van der Waals surface area contributed by atoms with Gasteiger partial charge in [0.15, 0.2) is 0 Å². The molecule has 0 aliphatic rings. The van der Waals surface area contributed by atoms with Gasteiger partial charge in [-0.2, -0.15) is 0 Å². The fourth-order valence-electron chi connectivity index (χ4n) is 2.06. The van der Waals surface area contributed by atoms with Gasteiger partial charge in [0.05, 0.1) is 25.9 Å². The minimum Gasteiger partial charge on any atom is -0.507 e. The maximum atomic E-state index is 11.5. The molecule has 1 N–H and O–H groups in total. The Morgan fingerprint density at radius 3 is 2.70 bits per heavy atom. The molecule has 0 aliphatic carbocycles. The van der Waals surface area contributed by atoms with Crippen LogP contribution in [-0.4, -0.2) is 24.8 Å². The van der Waals surface area contributed by atoms with Crippen molar-refractivity contribution in [3.05, 3.63) is 71.3 Å². The molecule has 0 amide bonds. The molecular weight excluding hydrogens is 292 g/mol. The van der Waals surface area contributed by atoms with Crippen molar-refractivity contribution in [3.8, 4) is 5.75 Å². The van der Waals surface area contributed by atoms with Crippen molar-refractivity contribution in [2.75, 3.05) is 13.7 Å². The molecule has 0 spiro atoms. The summed E-state index contributed by atoms with van der Waals surface area (Å²) in [6.07, 6.45) is 4.39. The first-order chi connectivity index (χ1) is 11.2. The van der Waals surface area contributed by atoms with Gasteiger partial charge in [-0.1, -0.05) is 42.5 Å². The minimum absolute atomic E-state index is 0.124. The van der Waals surface area contributed by atoms with Crippen LogP contribution < -0.4 is 0 Å². The van der Waals surface area contributed by atoms with E-state index in [-0.39, 0.29) is 5.75 Å². The molecule has 120 valence electrons. The zero-order valence-corrected chi connectivity index (χ0v) is 13.1. The van der Waals surface area contributed by atoms with Crippen LogP contribution in [0.25, 0.3) is 6.08 Å². The molecule has 0 radical (unpaired) electrons. The van der Waals surface area contributed by atoms with Crippen molar-refractivity contribution >= 4 is 12.0 Å². The number of ether oxygens (including phenoxy) is 2. The second-order valence-electron chi connectivity index (χ2n) is 4.99. The quantitative estimate of drug-likeness (QED) is 0.624. The van der Waals surface area contributed by atoms with Crippen LogP contribution in [0.2, 0.25) is 0 Å². The first kappa shape index (κ1) is 16.8. The fraction of sp³-hybridized carbons (Fsp3) is 0.211. The summed E-state index contributed by atoms with van der Waals surface area (Å²) in [5.41, 5.74) is 2.13. The highest BCUT2D eigenvalue weighted by Crippen LogP contribution is 2.20. The number of esters is 1. The average Bonchev–Trinajstić information content (AvgIpc) is 2.59. The van der Waals surface area contributed by atoms with Gasteiger partial charge < -0.3 is 14.6 Å². The van der Waals surface area contributed by atoms with Crippen molar-refractivity contribution < 1.29 is 19.4 Å². The van der Waals surface area contributed by atoms with E-state index in [0.29, 0.717) is 30.8 Å². The summed E-state index contributed by atoms with van der Waals surface area (Å²) < 4.78 is 10.2. The molecule has 0 bridgehead atoms. The Morgan fingerprint density at radius 2 is 1.96 bits per heavy atom. The van der Waals surface area contributed by atoms with Crippen LogP contribution in [0.4, 0.5) is 0 Å². The van der Waals surface area contributed by atoms with Crippen molar-refractivity contribution in [3.63, 3.8) is 0 Å². The van der Waals surface area contributed by atoms with Crippen LogP contribution in [0, 0.1) is 0 Å². The van der Waals surface area contributed by atoms with Crippen LogP contribution in [0.3, 0.4) is 0 Å². The molecule has 0 saturated carbocycles. The molecule has 4 nitrogen and oxygen atoms in total. The second kappa shape index (κ2) is 8.76. The summed E-state index contributed by atoms with van der Waals surface area (Å²) in [5, 5.41) is 9.81. The third kappa shape index (κ3) is 5.27. The monoisotopic (exact) mass is 312 g/mol. The van der Waals surface area contributed by atoms with Gasteiger partial charge >= 0.3 is 5.97 Å². The van der Waals surface area contributed by atoms with Crippen molar-refractivity contribution in [2.24, 2.45) is 0 Å². The van der Waals surface area contributed by atoms with Gasteiger partial charge in [0.1, 0.15) is 5.75 Å². The summed E-state index contributed by atoms with van der Waals surface area (Å²) >= 11 is 0. The fourth-order valence-corrected chi connectivity index (χ4v) is 2.06. The number of aromatic hydroxyl groups is 1. The largest absolute Gasteiger partial charge is 0.507 e. The number of benzene rings is 2. The van der Waals surface area contributed by atoms with Gasteiger partial charge in [-0.15, -0.1) is 0 Å². The molecule has 0 saturated heterocycles. The van der Waals surface area contributed by atoms with Gasteiger partial charge in [0, 0.05) is 5.56 Å². The van der Waals surface area contributed by atoms with Crippen LogP contribution >= 0.6 is 0 Å². The predicted octanol–water partition coefficient (Wildman–Crippen LogP) is 3.80. The molecule has 0 atom stereocenters. The van der Waals surface area contributed by atoms with Gasteiger partial charge in [-0.25, -0.2) is 4.79 Å². The Morgan fingerprint density at radius 1 is 1.17 bits per heavy atom. The highest BCUT2D eigenvalue weighted by Gasteiger charge is 2.07. The summed E-state index contributed by atoms with van der Waals surface area (Å²) in [4.78, 5) is 11.5. The van der Waals surface area contributed by atoms with Crippen LogP contribution in [0.5, 0.6) is 5.75 Å². The molecule has 4 heteroatoms. The van der Waals surface area contributed by atoms with E-state index >= 15 is 0 Å². The zero-order chi connectivity index (χ0) is 16.5. The van der Waals surface area contributed by atoms with Gasteiger partial charge in [0.25, 0.3) is 0 Å². The van der Waals surface area contributed by atoms with E-state index in [9.17, 15) is 9.90 Å². The summed E-state index contributed by atoms with van der Waals surface area (Å²) in [5.74, 6) is -0.301. The third-order valence-electron chi connectivity index (χ3n) is 3.29. The second-order valence-corrected chi connectivity index (χ2v) is 4.99. The van der Waals surface area contributed by atoms with Gasteiger partial charge in [0.2, 0.25) is 0 Å². The lowest BCUT2D eigenvalue weighted by Gasteiger charge is -2.04. The van der Waals surface area contributed by atoms with E-state index in [2.05, 4.69) is 4.74 Å². The number of hydrogen-bond acceptors (Lipinski definition) is 4. The number of phenolic OH excluding ortho intramolecular Hbond substituents is 1. The number of hydrogen-bond donors (Lipinski definition) is 1. The number of methoxy groups -OCH3 is 1. The number of rotatable bonds is 7. The summed E-state index contributed by atoms with van der Waals surface area (Å²) in [7, 11) is 1.33. The molecule has 2 rings (SSSR count). The Kier molecular flexibility index (Phi) is 6.39. The zero-order valence-electron chi connectivity index (χ0n) is 13.1. The number of phenols is 1. The highest BCUT2D eigenvalue weighted by atomic mass is 16.5. The Balaban J connectivity index is 1.82. The maximum Gasteiger partial charge on any atom is 0.337 e. The summed E-state index contributed by atoms with van der Waals surface area (Å²) in [6, 6.07) is 14.6. The van der Waals surface area contributed by atoms with E-state index in [4.69, 9.17) is 4.74 Å². The standard InChI is InChI=1S/C19H20O4/c1-22-19(21)17-10-11-18(20)16(13-17)9-5-6-12-23-14-15-7-3-2-4-8-15/h2-5,7-11,13,20H,6,12,14H2,1H3/b9-5+. The number of carbonyl (C=O) groups is 1. The molecule has 23 heavy (non-hydrogen) atoms. The van der Waals surface area contributed by atoms with E-state index in [1.807, 2.05) is 36.4 Å². The van der Waals surface area contributed by atoms with Gasteiger partial charge in [-0.3, -0.25) is 0 Å². The SMILES string of the molecule is COC(=O)c1ccc(O)c(/C=C/CCOCc2ccccc2)c1. The first-order valence-electron chi connectivity index (χ1n) is 7.40. The van der Waals surface area contributed by atoms with E-state index < -0.39 is 5.97 Å². The third-order valence-corrected chi connectivity index (χ3v) is 3.29. The molecule has 2 aromatic rings. The van der Waals surface area contributed by atoms with E-state index in [1.54, 1.807) is 12.1 Å². The van der Waals surface area contributed by atoms with Crippen molar-refractivity contribution in [1.82, 2.24) is 0 Å². The predicted molar refractivity (Wildman–Crippen MR) is 89.2 cm³/mol. The maximum absolute atomic E-state index is 11.5. The molecule has 0 aromatic heterocycles. The van der Waals surface area contributed by atoms with E-state index in [0.717, 1.165) is 5.56 Å². The average molecular weight is 312 g/mol. The molecule has 0 aliphatic heterocycles. The van der Waals surface area contributed by atoms with E-state index in [1.165, 1.54) is 19.2 Å². The van der Waals surface area contributed by atoms with Crippen LogP contribution in [0.1, 0.15) is 27.9 Å². The van der Waals surface area contributed by atoms with Gasteiger partial charge in [-0.05, 0) is 30.2 Å². The van der Waals surface area contributed by atoms with Crippen molar-refractivity contribution in [1.29, 1.82) is 0 Å². The first-order valence-corrected chi connectivity index (χ1v) is 7.40. The highest BCUT2D eigenvalue weighted by molar-refractivity contribution is 5.90. The Labute approximate surface area is 136 Å². The van der Waals surface area contributed by atoms with Crippen LogP contribution in [-0.2, 0) is 16.1 Å². The Bertz CT molecular complexity index is 662. The van der Waals surface area contributed by atoms with Crippen molar-refractivity contribution in [2.45, 2.75) is 13.0 Å². The summed E-state index contributed by atoms with van der Waals surface area (Å²) in [6.45, 7) is 1.17. The van der Waals surface area contributed by atoms with Crippen LogP contribution in [0.15, 0.2) is 54.6 Å². The molecule has 0 fully saturated rings. The lowest BCUT2D eigenvalue weighted by molar-refractivity contribution is 0.0600. The Hall–Kier alpha value is -2.59. The number of carbonyl (C=O) groups excluding carboxylic acids is 1. The minimum atomic E-state index is -0.425. The molecular formula is C19H20O4. The lowest BCUT2D eigenvalue weighted by Crippen LogP contribution is -2.00. The lowest BCUT2D eigenvalue weighted by atomic mass is 10.1. The topological polar surface area (TPSA) is 55.8 Å². The molecule has 2 aromatic carbocycles. The molecule has 0 heterocycles. The smallest absolute Gasteiger partial charge is 0.337 e. The normalized spacial score (nSPS) is 10.8.